The molecule has 2 saturated heterocycles. The van der Waals surface area contributed by atoms with Gasteiger partial charge in [-0.2, -0.15) is 0 Å². The summed E-state index contributed by atoms with van der Waals surface area (Å²) in [5.41, 5.74) is 6.77. The first-order chi connectivity index (χ1) is 18.8. The van der Waals surface area contributed by atoms with Crippen molar-refractivity contribution in [1.82, 2.24) is 0 Å². The van der Waals surface area contributed by atoms with Gasteiger partial charge >= 0.3 is 0 Å². The molecule has 192 valence electrons. The van der Waals surface area contributed by atoms with Gasteiger partial charge in [-0.15, -0.1) is 0 Å². The summed E-state index contributed by atoms with van der Waals surface area (Å²) in [6.07, 6.45) is 3.52. The van der Waals surface area contributed by atoms with Crippen molar-refractivity contribution in [1.29, 1.82) is 0 Å². The number of anilines is 2. The number of rotatable bonds is 5. The molecule has 0 saturated carbocycles. The van der Waals surface area contributed by atoms with Gasteiger partial charge in [-0.25, -0.2) is 0 Å². The molecule has 0 amide bonds. The average molecular weight is 503 g/mol. The predicted octanol–water partition coefficient (Wildman–Crippen LogP) is 7.74. The molecule has 3 aliphatic heterocycles. The molecule has 0 aliphatic carbocycles. The maximum absolute atomic E-state index is 5.78. The lowest BCUT2D eigenvalue weighted by Crippen LogP contribution is -2.45. The van der Waals surface area contributed by atoms with Crippen molar-refractivity contribution >= 4 is 11.4 Å². The van der Waals surface area contributed by atoms with Gasteiger partial charge in [-0.3, -0.25) is 0 Å². The highest BCUT2D eigenvalue weighted by Gasteiger charge is 2.54. The monoisotopic (exact) mass is 502 g/mol. The largest absolute Gasteiger partial charge is 0.497 e. The third-order valence-electron chi connectivity index (χ3n) is 9.03. The van der Waals surface area contributed by atoms with Crippen LogP contribution in [-0.2, 0) is 0 Å². The van der Waals surface area contributed by atoms with Crippen LogP contribution in [-0.4, -0.2) is 20.3 Å². The fourth-order valence-corrected chi connectivity index (χ4v) is 7.45. The Balaban J connectivity index is 1.40. The first-order valence-corrected chi connectivity index (χ1v) is 13.8. The van der Waals surface area contributed by atoms with Crippen molar-refractivity contribution in [3.63, 3.8) is 0 Å². The summed E-state index contributed by atoms with van der Waals surface area (Å²) >= 11 is 0. The van der Waals surface area contributed by atoms with Gasteiger partial charge in [0.05, 0.1) is 32.3 Å². The van der Waals surface area contributed by atoms with Crippen LogP contribution < -0.4 is 19.3 Å². The lowest BCUT2D eigenvalue weighted by atomic mass is 9.80. The Morgan fingerprint density at radius 2 is 1.26 bits per heavy atom. The Kier molecular flexibility index (Phi) is 5.76. The molecule has 0 bridgehead atoms. The average Bonchev–Trinajstić information content (AvgIpc) is 3.61. The second-order valence-corrected chi connectivity index (χ2v) is 10.8. The highest BCUT2D eigenvalue weighted by atomic mass is 16.5. The summed E-state index contributed by atoms with van der Waals surface area (Å²) in [5.74, 6) is 2.32. The molecule has 0 spiro atoms. The van der Waals surface area contributed by atoms with Crippen LogP contribution >= 0.6 is 0 Å². The van der Waals surface area contributed by atoms with Crippen molar-refractivity contribution in [2.24, 2.45) is 5.92 Å². The molecule has 38 heavy (non-hydrogen) atoms. The van der Waals surface area contributed by atoms with Crippen molar-refractivity contribution in [3.8, 4) is 11.5 Å². The van der Waals surface area contributed by atoms with Crippen molar-refractivity contribution < 1.29 is 9.47 Å². The fourth-order valence-electron chi connectivity index (χ4n) is 7.45. The second-order valence-electron chi connectivity index (χ2n) is 10.8. The molecule has 0 aromatic heterocycles. The van der Waals surface area contributed by atoms with Gasteiger partial charge in [0.15, 0.2) is 0 Å². The molecular weight excluding hydrogens is 468 g/mol. The van der Waals surface area contributed by atoms with Crippen LogP contribution in [0.1, 0.15) is 54.1 Å². The first kappa shape index (κ1) is 23.2. The van der Waals surface area contributed by atoms with Crippen LogP contribution in [0.5, 0.6) is 11.5 Å². The van der Waals surface area contributed by atoms with E-state index in [2.05, 4.69) is 113 Å². The molecule has 3 aliphatic rings. The maximum atomic E-state index is 5.78. The molecule has 4 aromatic carbocycles. The van der Waals surface area contributed by atoms with Gasteiger partial charge in [-0.05, 0) is 72.9 Å². The van der Waals surface area contributed by atoms with Crippen LogP contribution in [0.4, 0.5) is 11.4 Å². The number of nitrogens with zero attached hydrogens (tertiary/aromatic N) is 2. The van der Waals surface area contributed by atoms with Crippen LogP contribution in [0.25, 0.3) is 0 Å². The molecule has 5 atom stereocenters. The zero-order chi connectivity index (χ0) is 25.6. The molecule has 3 heterocycles. The van der Waals surface area contributed by atoms with E-state index < -0.39 is 0 Å². The van der Waals surface area contributed by atoms with E-state index in [-0.39, 0.29) is 6.04 Å². The SMILES string of the molecule is COc1ccc(N2[C@@H]3c4cc(OC)ccc4N4[C@@H](c5ccccc5)CC[C@@H]4[C@@H]3C[C@H]2c2ccccc2)cc1. The van der Waals surface area contributed by atoms with E-state index in [0.717, 1.165) is 17.9 Å². The number of methoxy groups -OCH3 is 2. The van der Waals surface area contributed by atoms with E-state index in [0.29, 0.717) is 24.0 Å². The van der Waals surface area contributed by atoms with Crippen molar-refractivity contribution in [3.05, 3.63) is 120 Å². The van der Waals surface area contributed by atoms with E-state index in [4.69, 9.17) is 9.47 Å². The predicted molar refractivity (Wildman–Crippen MR) is 153 cm³/mol. The van der Waals surface area contributed by atoms with Crippen molar-refractivity contribution in [2.45, 2.75) is 43.4 Å². The molecule has 4 heteroatoms. The lowest BCUT2D eigenvalue weighted by Gasteiger charge is -2.46. The number of hydrogen-bond acceptors (Lipinski definition) is 4. The normalized spacial score (nSPS) is 25.5. The van der Waals surface area contributed by atoms with Gasteiger partial charge in [0.1, 0.15) is 11.5 Å². The Morgan fingerprint density at radius 1 is 0.632 bits per heavy atom. The Bertz CT molecular complexity index is 1410. The van der Waals surface area contributed by atoms with Crippen LogP contribution in [0.15, 0.2) is 103 Å². The van der Waals surface area contributed by atoms with E-state index >= 15 is 0 Å². The van der Waals surface area contributed by atoms with Crippen LogP contribution in [0, 0.1) is 5.92 Å². The van der Waals surface area contributed by atoms with E-state index in [1.165, 1.54) is 40.9 Å². The van der Waals surface area contributed by atoms with Gasteiger partial charge in [0.25, 0.3) is 0 Å². The van der Waals surface area contributed by atoms with Gasteiger partial charge in [0, 0.05) is 28.9 Å². The summed E-state index contributed by atoms with van der Waals surface area (Å²) in [6, 6.07) is 39.0. The van der Waals surface area contributed by atoms with E-state index in [1.54, 1.807) is 14.2 Å². The summed E-state index contributed by atoms with van der Waals surface area (Å²) in [6.45, 7) is 0. The topological polar surface area (TPSA) is 24.9 Å². The minimum Gasteiger partial charge on any atom is -0.497 e. The Hall–Kier alpha value is -3.92. The number of hydrogen-bond donors (Lipinski definition) is 0. The zero-order valence-corrected chi connectivity index (χ0v) is 22.0. The first-order valence-electron chi connectivity index (χ1n) is 13.8. The molecule has 0 unspecified atom stereocenters. The molecule has 4 aromatic rings. The molecule has 0 radical (unpaired) electrons. The smallest absolute Gasteiger partial charge is 0.119 e. The summed E-state index contributed by atoms with van der Waals surface area (Å²) in [5, 5.41) is 0. The highest BCUT2D eigenvalue weighted by molar-refractivity contribution is 5.68. The fraction of sp³-hybridized carbons (Fsp3) is 0.294. The van der Waals surface area contributed by atoms with Crippen LogP contribution in [0.2, 0.25) is 0 Å². The van der Waals surface area contributed by atoms with Crippen molar-refractivity contribution in [2.75, 3.05) is 24.0 Å². The minimum atomic E-state index is 0.273. The number of ether oxygens (including phenoxy) is 2. The molecule has 4 nitrogen and oxygen atoms in total. The van der Waals surface area contributed by atoms with Gasteiger partial charge in [-0.1, -0.05) is 60.7 Å². The summed E-state index contributed by atoms with van der Waals surface area (Å²) in [7, 11) is 3.51. The third-order valence-corrected chi connectivity index (χ3v) is 9.03. The van der Waals surface area contributed by atoms with E-state index in [1.807, 2.05) is 0 Å². The standard InChI is InChI=1S/C34H34N2O2/c1-37-26-15-13-25(14-16-26)35-33(24-11-7-4-8-12-24)22-29-32-20-19-30(23-9-5-3-6-10-23)36(32)31-18-17-27(38-2)21-28(31)34(29)35/h3-18,21,29-30,32-34H,19-20,22H2,1-2H3/t29-,30+,32+,33-,34+/m0/s1. The second kappa shape index (κ2) is 9.43. The highest BCUT2D eigenvalue weighted by Crippen LogP contribution is 2.61. The lowest BCUT2D eigenvalue weighted by molar-refractivity contribution is 0.362. The quantitative estimate of drug-likeness (QED) is 0.279. The molecule has 2 fully saturated rings. The molecule has 7 rings (SSSR count). The van der Waals surface area contributed by atoms with Crippen LogP contribution in [0.3, 0.4) is 0 Å². The Labute approximate surface area is 225 Å². The van der Waals surface area contributed by atoms with Gasteiger partial charge in [0.2, 0.25) is 0 Å². The third kappa shape index (κ3) is 3.65. The van der Waals surface area contributed by atoms with E-state index in [9.17, 15) is 0 Å². The summed E-state index contributed by atoms with van der Waals surface area (Å²) < 4.78 is 11.3. The minimum absolute atomic E-state index is 0.273. The number of benzene rings is 4. The molecule has 0 N–H and O–H groups in total. The maximum Gasteiger partial charge on any atom is 0.119 e. The zero-order valence-electron chi connectivity index (χ0n) is 22.0. The molecular formula is C34H34N2O2. The number of fused-ring (bicyclic) bond motifs is 6. The summed E-state index contributed by atoms with van der Waals surface area (Å²) in [4.78, 5) is 5.44. The van der Waals surface area contributed by atoms with Gasteiger partial charge < -0.3 is 19.3 Å². The Morgan fingerprint density at radius 3 is 1.92 bits per heavy atom.